The van der Waals surface area contributed by atoms with Crippen LogP contribution >= 0.6 is 12.4 Å². The van der Waals surface area contributed by atoms with Crippen molar-refractivity contribution in [2.45, 2.75) is 19.9 Å². The van der Waals surface area contributed by atoms with Gasteiger partial charge in [0.15, 0.2) is 0 Å². The summed E-state index contributed by atoms with van der Waals surface area (Å²) in [5, 5.41) is 7.67. The van der Waals surface area contributed by atoms with Crippen molar-refractivity contribution in [3.05, 3.63) is 47.8 Å². The second kappa shape index (κ2) is 6.94. The number of hydrogen-bond donors (Lipinski definition) is 1. The third kappa shape index (κ3) is 3.31. The molecule has 1 N–H and O–H groups in total. The van der Waals surface area contributed by atoms with Gasteiger partial charge in [0.25, 0.3) is 5.91 Å². The molecule has 3 rings (SSSR count). The first-order valence-electron chi connectivity index (χ1n) is 7.29. The van der Waals surface area contributed by atoms with E-state index in [0.717, 1.165) is 36.6 Å². The highest BCUT2D eigenvalue weighted by Gasteiger charge is 2.23. The van der Waals surface area contributed by atoms with Crippen LogP contribution in [0.2, 0.25) is 0 Å². The van der Waals surface area contributed by atoms with Gasteiger partial charge in [0.1, 0.15) is 0 Å². The van der Waals surface area contributed by atoms with Crippen LogP contribution in [0, 0.1) is 6.92 Å². The third-order valence-corrected chi connectivity index (χ3v) is 3.86. The molecule has 1 aliphatic heterocycles. The highest BCUT2D eigenvalue weighted by Crippen LogP contribution is 2.14. The molecule has 0 radical (unpaired) electrons. The maximum atomic E-state index is 12.5. The Balaban J connectivity index is 0.00000176. The Bertz CT molecular complexity index is 638. The molecule has 1 aliphatic rings. The van der Waals surface area contributed by atoms with Crippen LogP contribution in [0.1, 0.15) is 23.0 Å². The summed E-state index contributed by atoms with van der Waals surface area (Å²) in [6.45, 7) is 6.52. The van der Waals surface area contributed by atoms with E-state index in [1.165, 1.54) is 0 Å². The van der Waals surface area contributed by atoms with E-state index >= 15 is 0 Å². The summed E-state index contributed by atoms with van der Waals surface area (Å²) in [5.41, 5.74) is 2.68. The molecular weight excluding hydrogens is 300 g/mol. The molecule has 0 unspecified atom stereocenters. The lowest BCUT2D eigenvalue weighted by molar-refractivity contribution is 0.0656. The van der Waals surface area contributed by atoms with Gasteiger partial charge in [-0.2, -0.15) is 5.10 Å². The molecule has 22 heavy (non-hydrogen) atoms. The number of benzene rings is 1. The number of halogens is 1. The molecular formula is C16H21ClN4O. The monoisotopic (exact) mass is 320 g/mol. The number of nitrogens with zero attached hydrogens (tertiary/aromatic N) is 3. The normalized spacial score (nSPS) is 17.9. The number of amides is 1. The Morgan fingerprint density at radius 2 is 2.00 bits per heavy atom. The Morgan fingerprint density at radius 3 is 2.59 bits per heavy atom. The summed E-state index contributed by atoms with van der Waals surface area (Å²) in [7, 11) is 0. The molecule has 6 heteroatoms. The lowest BCUT2D eigenvalue weighted by atomic mass is 10.1. The van der Waals surface area contributed by atoms with Crippen LogP contribution in [0.4, 0.5) is 0 Å². The first-order chi connectivity index (χ1) is 10.1. The van der Waals surface area contributed by atoms with E-state index in [1.807, 2.05) is 53.0 Å². The summed E-state index contributed by atoms with van der Waals surface area (Å²) < 4.78 is 1.82. The van der Waals surface area contributed by atoms with Crippen molar-refractivity contribution in [1.82, 2.24) is 20.0 Å². The van der Waals surface area contributed by atoms with Crippen molar-refractivity contribution < 1.29 is 4.79 Å². The molecule has 1 aromatic carbocycles. The molecule has 5 nitrogen and oxygen atoms in total. The largest absolute Gasteiger partial charge is 0.333 e. The number of piperazine rings is 1. The lowest BCUT2D eigenvalue weighted by Crippen LogP contribution is -2.52. The Labute approximate surface area is 136 Å². The Hall–Kier alpha value is -1.85. The van der Waals surface area contributed by atoms with Crippen molar-refractivity contribution in [3.8, 4) is 5.69 Å². The topological polar surface area (TPSA) is 50.2 Å². The van der Waals surface area contributed by atoms with Crippen LogP contribution in [-0.4, -0.2) is 46.3 Å². The zero-order valence-corrected chi connectivity index (χ0v) is 13.6. The fraction of sp³-hybridized carbons (Fsp3) is 0.375. The second-order valence-corrected chi connectivity index (χ2v) is 5.50. The molecule has 0 aliphatic carbocycles. The number of aryl methyl sites for hydroxylation is 1. The van der Waals surface area contributed by atoms with Crippen molar-refractivity contribution in [1.29, 1.82) is 0 Å². The van der Waals surface area contributed by atoms with Crippen LogP contribution in [0.5, 0.6) is 0 Å². The van der Waals surface area contributed by atoms with Crippen LogP contribution in [0.3, 0.4) is 0 Å². The predicted octanol–water partition coefficient (Wildman–Crippen LogP) is 2.04. The first kappa shape index (κ1) is 16.5. The van der Waals surface area contributed by atoms with E-state index in [4.69, 9.17) is 0 Å². The number of carbonyl (C=O) groups is 1. The van der Waals surface area contributed by atoms with Crippen molar-refractivity contribution in [2.75, 3.05) is 19.6 Å². The molecule has 118 valence electrons. The summed E-state index contributed by atoms with van der Waals surface area (Å²) in [6, 6.07) is 9.83. The molecule has 2 heterocycles. The van der Waals surface area contributed by atoms with Crippen LogP contribution < -0.4 is 5.32 Å². The fourth-order valence-electron chi connectivity index (χ4n) is 2.62. The van der Waals surface area contributed by atoms with E-state index in [0.29, 0.717) is 0 Å². The van der Waals surface area contributed by atoms with E-state index < -0.39 is 0 Å². The van der Waals surface area contributed by atoms with Crippen molar-refractivity contribution in [2.24, 2.45) is 0 Å². The Morgan fingerprint density at radius 1 is 1.27 bits per heavy atom. The highest BCUT2D eigenvalue weighted by molar-refractivity contribution is 5.94. The van der Waals surface area contributed by atoms with Gasteiger partial charge < -0.3 is 10.2 Å². The number of hydrogen-bond acceptors (Lipinski definition) is 3. The quantitative estimate of drug-likeness (QED) is 0.921. The van der Waals surface area contributed by atoms with Gasteiger partial charge in [-0.3, -0.25) is 4.79 Å². The van der Waals surface area contributed by atoms with Crippen molar-refractivity contribution >= 4 is 18.3 Å². The van der Waals surface area contributed by atoms with Gasteiger partial charge in [0, 0.05) is 37.4 Å². The number of nitrogens with one attached hydrogen (secondary N) is 1. The van der Waals surface area contributed by atoms with Gasteiger partial charge in [0.2, 0.25) is 0 Å². The highest BCUT2D eigenvalue weighted by atomic mass is 35.5. The first-order valence-corrected chi connectivity index (χ1v) is 7.29. The lowest BCUT2D eigenvalue weighted by Gasteiger charge is -2.34. The summed E-state index contributed by atoms with van der Waals surface area (Å²) >= 11 is 0. The molecule has 1 fully saturated rings. The van der Waals surface area contributed by atoms with Crippen LogP contribution in [-0.2, 0) is 0 Å². The van der Waals surface area contributed by atoms with Gasteiger partial charge in [-0.1, -0.05) is 0 Å². The summed E-state index contributed by atoms with van der Waals surface area (Å²) in [6.07, 6.45) is 1.92. The molecule has 1 saturated heterocycles. The Kier molecular flexibility index (Phi) is 5.21. The van der Waals surface area contributed by atoms with E-state index in [9.17, 15) is 4.79 Å². The SMILES string of the molecule is Cc1ccn(-c2ccc(C(=O)N3CCNC[C@@H]3C)cc2)n1.Cl. The van der Waals surface area contributed by atoms with E-state index in [1.54, 1.807) is 0 Å². The molecule has 2 aromatic rings. The molecule has 1 amide bonds. The molecule has 1 atom stereocenters. The summed E-state index contributed by atoms with van der Waals surface area (Å²) in [5.74, 6) is 0.104. The molecule has 0 bridgehead atoms. The molecule has 1 aromatic heterocycles. The minimum Gasteiger partial charge on any atom is -0.333 e. The zero-order chi connectivity index (χ0) is 14.8. The maximum Gasteiger partial charge on any atom is 0.254 e. The van der Waals surface area contributed by atoms with Gasteiger partial charge in [-0.05, 0) is 44.2 Å². The smallest absolute Gasteiger partial charge is 0.254 e. The van der Waals surface area contributed by atoms with Gasteiger partial charge in [-0.25, -0.2) is 4.68 Å². The number of carbonyl (C=O) groups excluding carboxylic acids is 1. The van der Waals surface area contributed by atoms with Gasteiger partial charge in [0.05, 0.1) is 11.4 Å². The van der Waals surface area contributed by atoms with Crippen molar-refractivity contribution in [3.63, 3.8) is 0 Å². The number of aromatic nitrogens is 2. The second-order valence-electron chi connectivity index (χ2n) is 5.50. The fourth-order valence-corrected chi connectivity index (χ4v) is 2.62. The van der Waals surface area contributed by atoms with Crippen LogP contribution in [0.15, 0.2) is 36.5 Å². The average Bonchev–Trinajstić information content (AvgIpc) is 2.94. The summed E-state index contributed by atoms with van der Waals surface area (Å²) in [4.78, 5) is 14.5. The standard InChI is InChI=1S/C16H20N4O.ClH/c1-12-7-9-20(18-12)15-5-3-14(4-6-15)16(21)19-10-8-17-11-13(19)2;/h3-7,9,13,17H,8,10-11H2,1-2H3;1H/t13-;/m0./s1. The predicted molar refractivity (Wildman–Crippen MR) is 88.9 cm³/mol. The average molecular weight is 321 g/mol. The van der Waals surface area contributed by atoms with Crippen LogP contribution in [0.25, 0.3) is 5.69 Å². The van der Waals surface area contributed by atoms with Gasteiger partial charge >= 0.3 is 0 Å². The van der Waals surface area contributed by atoms with E-state index in [-0.39, 0.29) is 24.4 Å². The zero-order valence-electron chi connectivity index (χ0n) is 12.8. The van der Waals surface area contributed by atoms with E-state index in [2.05, 4.69) is 17.3 Å². The third-order valence-electron chi connectivity index (χ3n) is 3.86. The maximum absolute atomic E-state index is 12.5. The molecule has 0 spiro atoms. The minimum atomic E-state index is 0. The molecule has 0 saturated carbocycles. The van der Waals surface area contributed by atoms with Gasteiger partial charge in [-0.15, -0.1) is 12.4 Å². The number of rotatable bonds is 2. The minimum absolute atomic E-state index is 0.